The summed E-state index contributed by atoms with van der Waals surface area (Å²) >= 11 is 0. The van der Waals surface area contributed by atoms with Gasteiger partial charge >= 0.3 is 0 Å². The number of hydrogen-bond acceptors (Lipinski definition) is 5. The molecular formula is C14H17N5O2. The van der Waals surface area contributed by atoms with E-state index in [0.717, 1.165) is 30.1 Å². The molecule has 1 aromatic heterocycles. The fourth-order valence-corrected chi connectivity index (χ4v) is 2.65. The number of carbonyl (C=O) groups excluding carboxylic acids is 1. The van der Waals surface area contributed by atoms with Crippen molar-refractivity contribution in [1.82, 2.24) is 15.4 Å². The summed E-state index contributed by atoms with van der Waals surface area (Å²) in [6.07, 6.45) is 2.39. The minimum atomic E-state index is -0.610. The van der Waals surface area contributed by atoms with Crippen LogP contribution in [-0.2, 0) is 0 Å². The predicted molar refractivity (Wildman–Crippen MR) is 78.3 cm³/mol. The lowest BCUT2D eigenvalue weighted by Gasteiger charge is -2.21. The standard InChI is InChI=1S/C14H17N5O2/c1-21-11-8-9(12-13(14(15)20)17-18-16-12)4-5-10(11)19-6-2-3-7-19/h4-5,8H,2-3,6-7H2,1H3,(H2,15,20)(H,16,17,18). The van der Waals surface area contributed by atoms with Crippen molar-refractivity contribution in [3.8, 4) is 17.0 Å². The summed E-state index contributed by atoms with van der Waals surface area (Å²) in [5.74, 6) is 0.147. The number of benzene rings is 1. The summed E-state index contributed by atoms with van der Waals surface area (Å²) in [5, 5.41) is 10.2. The Bertz CT molecular complexity index is 661. The molecule has 0 spiro atoms. The Kier molecular flexibility index (Phi) is 3.47. The van der Waals surface area contributed by atoms with E-state index in [2.05, 4.69) is 20.3 Å². The maximum Gasteiger partial charge on any atom is 0.271 e. The lowest BCUT2D eigenvalue weighted by atomic mass is 10.1. The smallest absolute Gasteiger partial charge is 0.271 e. The number of rotatable bonds is 4. The number of anilines is 1. The van der Waals surface area contributed by atoms with Crippen molar-refractivity contribution >= 4 is 11.6 Å². The van der Waals surface area contributed by atoms with E-state index in [1.54, 1.807) is 7.11 Å². The summed E-state index contributed by atoms with van der Waals surface area (Å²) in [5.41, 5.74) is 7.67. The molecule has 110 valence electrons. The maximum absolute atomic E-state index is 11.3. The zero-order chi connectivity index (χ0) is 14.8. The second kappa shape index (κ2) is 5.43. The highest BCUT2D eigenvalue weighted by Gasteiger charge is 2.20. The van der Waals surface area contributed by atoms with E-state index < -0.39 is 5.91 Å². The Morgan fingerprint density at radius 2 is 2.10 bits per heavy atom. The molecule has 2 heterocycles. The molecule has 2 aromatic rings. The number of H-pyrrole nitrogens is 1. The number of carbonyl (C=O) groups is 1. The van der Waals surface area contributed by atoms with Crippen LogP contribution in [0.25, 0.3) is 11.3 Å². The molecule has 0 saturated carbocycles. The normalized spacial score (nSPS) is 14.4. The number of amides is 1. The van der Waals surface area contributed by atoms with Crippen LogP contribution in [-0.4, -0.2) is 41.5 Å². The fourth-order valence-electron chi connectivity index (χ4n) is 2.65. The Morgan fingerprint density at radius 3 is 2.76 bits per heavy atom. The van der Waals surface area contributed by atoms with Gasteiger partial charge in [0, 0.05) is 18.7 Å². The largest absolute Gasteiger partial charge is 0.495 e. The van der Waals surface area contributed by atoms with Crippen molar-refractivity contribution in [2.45, 2.75) is 12.8 Å². The number of primary amides is 1. The molecule has 21 heavy (non-hydrogen) atoms. The molecule has 0 aliphatic carbocycles. The van der Waals surface area contributed by atoms with Crippen molar-refractivity contribution in [3.05, 3.63) is 23.9 Å². The molecule has 1 aliphatic heterocycles. The van der Waals surface area contributed by atoms with Gasteiger partial charge in [-0.3, -0.25) is 4.79 Å². The van der Waals surface area contributed by atoms with Gasteiger partial charge in [0.15, 0.2) is 5.69 Å². The van der Waals surface area contributed by atoms with Gasteiger partial charge in [-0.15, -0.1) is 0 Å². The first kappa shape index (κ1) is 13.4. The average molecular weight is 287 g/mol. The van der Waals surface area contributed by atoms with Crippen molar-refractivity contribution in [2.24, 2.45) is 5.73 Å². The first-order valence-electron chi connectivity index (χ1n) is 6.84. The Labute approximate surface area is 122 Å². The molecule has 0 atom stereocenters. The van der Waals surface area contributed by atoms with Crippen LogP contribution in [0.2, 0.25) is 0 Å². The molecule has 7 nitrogen and oxygen atoms in total. The number of ether oxygens (including phenoxy) is 1. The van der Waals surface area contributed by atoms with Crippen LogP contribution < -0.4 is 15.4 Å². The van der Waals surface area contributed by atoms with E-state index in [1.165, 1.54) is 12.8 Å². The van der Waals surface area contributed by atoms with Crippen LogP contribution in [0.1, 0.15) is 23.3 Å². The van der Waals surface area contributed by atoms with Gasteiger partial charge in [0.05, 0.1) is 12.8 Å². The maximum atomic E-state index is 11.3. The van der Waals surface area contributed by atoms with Crippen LogP contribution in [0.4, 0.5) is 5.69 Å². The van der Waals surface area contributed by atoms with Crippen LogP contribution in [0, 0.1) is 0 Å². The molecule has 1 fully saturated rings. The molecule has 7 heteroatoms. The Morgan fingerprint density at radius 1 is 1.33 bits per heavy atom. The van der Waals surface area contributed by atoms with Gasteiger partial charge in [0.25, 0.3) is 5.91 Å². The van der Waals surface area contributed by atoms with Gasteiger partial charge in [0.2, 0.25) is 0 Å². The lowest BCUT2D eigenvalue weighted by molar-refractivity contribution is 0.0996. The Balaban J connectivity index is 2.01. The predicted octanol–water partition coefficient (Wildman–Crippen LogP) is 1.18. The van der Waals surface area contributed by atoms with Gasteiger partial charge in [-0.05, 0) is 25.0 Å². The zero-order valence-electron chi connectivity index (χ0n) is 11.8. The molecule has 1 aromatic carbocycles. The number of aromatic nitrogens is 3. The van der Waals surface area contributed by atoms with E-state index in [9.17, 15) is 4.79 Å². The third-order valence-electron chi connectivity index (χ3n) is 3.68. The molecule has 0 bridgehead atoms. The molecule has 1 amide bonds. The average Bonchev–Trinajstić information content (AvgIpc) is 3.17. The number of hydrogen-bond donors (Lipinski definition) is 2. The summed E-state index contributed by atoms with van der Waals surface area (Å²) in [4.78, 5) is 13.6. The highest BCUT2D eigenvalue weighted by Crippen LogP contribution is 2.34. The van der Waals surface area contributed by atoms with Crippen LogP contribution in [0.5, 0.6) is 5.75 Å². The van der Waals surface area contributed by atoms with Crippen LogP contribution in [0.3, 0.4) is 0 Å². The first-order chi connectivity index (χ1) is 10.2. The molecule has 1 saturated heterocycles. The van der Waals surface area contributed by atoms with Crippen molar-refractivity contribution in [2.75, 3.05) is 25.1 Å². The molecule has 0 unspecified atom stereocenters. The topological polar surface area (TPSA) is 97.1 Å². The summed E-state index contributed by atoms with van der Waals surface area (Å²) in [7, 11) is 1.64. The second-order valence-corrected chi connectivity index (χ2v) is 4.97. The van der Waals surface area contributed by atoms with Gasteiger partial charge < -0.3 is 15.4 Å². The zero-order valence-corrected chi connectivity index (χ0v) is 11.8. The Hall–Kier alpha value is -2.57. The molecule has 3 rings (SSSR count). The van der Waals surface area contributed by atoms with E-state index in [0.29, 0.717) is 5.69 Å². The highest BCUT2D eigenvalue weighted by molar-refractivity contribution is 5.96. The number of methoxy groups -OCH3 is 1. The number of nitrogens with one attached hydrogen (secondary N) is 1. The first-order valence-corrected chi connectivity index (χ1v) is 6.84. The molecule has 1 aliphatic rings. The van der Waals surface area contributed by atoms with Gasteiger partial charge in [-0.1, -0.05) is 6.07 Å². The summed E-state index contributed by atoms with van der Waals surface area (Å²) in [6, 6.07) is 5.75. The van der Waals surface area contributed by atoms with E-state index in [4.69, 9.17) is 10.5 Å². The molecule has 3 N–H and O–H groups in total. The van der Waals surface area contributed by atoms with Crippen molar-refractivity contribution in [3.63, 3.8) is 0 Å². The number of nitrogens with zero attached hydrogens (tertiary/aromatic N) is 3. The van der Waals surface area contributed by atoms with E-state index in [-0.39, 0.29) is 5.69 Å². The summed E-state index contributed by atoms with van der Waals surface area (Å²) < 4.78 is 5.48. The van der Waals surface area contributed by atoms with Crippen molar-refractivity contribution in [1.29, 1.82) is 0 Å². The van der Waals surface area contributed by atoms with E-state index in [1.807, 2.05) is 18.2 Å². The van der Waals surface area contributed by atoms with E-state index >= 15 is 0 Å². The number of nitrogens with two attached hydrogens (primary N) is 1. The van der Waals surface area contributed by atoms with Crippen LogP contribution in [0.15, 0.2) is 18.2 Å². The third-order valence-corrected chi connectivity index (χ3v) is 3.68. The molecular weight excluding hydrogens is 270 g/mol. The highest BCUT2D eigenvalue weighted by atomic mass is 16.5. The lowest BCUT2D eigenvalue weighted by Crippen LogP contribution is -2.18. The quantitative estimate of drug-likeness (QED) is 0.880. The van der Waals surface area contributed by atoms with Crippen molar-refractivity contribution < 1.29 is 9.53 Å². The fraction of sp³-hybridized carbons (Fsp3) is 0.357. The minimum absolute atomic E-state index is 0.131. The van der Waals surface area contributed by atoms with Crippen LogP contribution >= 0.6 is 0 Å². The monoisotopic (exact) mass is 287 g/mol. The van der Waals surface area contributed by atoms with Gasteiger partial charge in [-0.25, -0.2) is 0 Å². The molecule has 0 radical (unpaired) electrons. The third kappa shape index (κ3) is 2.42. The minimum Gasteiger partial charge on any atom is -0.495 e. The SMILES string of the molecule is COc1cc(-c2n[nH]nc2C(N)=O)ccc1N1CCCC1. The summed E-state index contributed by atoms with van der Waals surface area (Å²) in [6.45, 7) is 2.07. The second-order valence-electron chi connectivity index (χ2n) is 4.97. The van der Waals surface area contributed by atoms with Gasteiger partial charge in [-0.2, -0.15) is 15.4 Å². The van der Waals surface area contributed by atoms with Gasteiger partial charge in [0.1, 0.15) is 11.4 Å². The number of aromatic amines is 1.